The molecule has 100 valence electrons. The lowest BCUT2D eigenvalue weighted by atomic mass is 9.80. The van der Waals surface area contributed by atoms with E-state index in [2.05, 4.69) is 5.04 Å². The number of carbonyl (C=O) groups excluding carboxylic acids is 1. The summed E-state index contributed by atoms with van der Waals surface area (Å²) in [6, 6.07) is 0. The average molecular weight is 255 g/mol. The lowest BCUT2D eigenvalue weighted by Gasteiger charge is -2.46. The molecule has 6 nitrogen and oxygen atoms in total. The van der Waals surface area contributed by atoms with Crippen molar-refractivity contribution in [2.75, 3.05) is 6.61 Å². The number of rotatable bonds is 5. The molecule has 1 amide bonds. The van der Waals surface area contributed by atoms with Crippen molar-refractivity contribution in [1.29, 1.82) is 0 Å². The Bertz CT molecular complexity index is 376. The molecule has 0 saturated carbocycles. The van der Waals surface area contributed by atoms with E-state index in [9.17, 15) is 10.0 Å². The molecule has 1 heterocycles. The quantitative estimate of drug-likeness (QED) is 0.201. The highest BCUT2D eigenvalue weighted by Gasteiger charge is 2.49. The zero-order chi connectivity index (χ0) is 13.2. The van der Waals surface area contributed by atoms with E-state index in [0.717, 1.165) is 6.42 Å². The van der Waals surface area contributed by atoms with Crippen LogP contribution in [0.1, 0.15) is 26.7 Å². The molecule has 6 heteroatoms. The number of hydrogen-bond acceptors (Lipinski definition) is 5. The van der Waals surface area contributed by atoms with Crippen LogP contribution in [0.5, 0.6) is 0 Å². The molecule has 1 fully saturated rings. The van der Waals surface area contributed by atoms with Gasteiger partial charge in [-0.3, -0.25) is 10.0 Å². The van der Waals surface area contributed by atoms with E-state index in [4.69, 9.17) is 9.78 Å². The second kappa shape index (κ2) is 4.81. The summed E-state index contributed by atoms with van der Waals surface area (Å²) in [5, 5.41) is 14.8. The summed E-state index contributed by atoms with van der Waals surface area (Å²) in [5.41, 5.74) is -1.48. The summed E-state index contributed by atoms with van der Waals surface area (Å²) in [5.74, 6) is -0.295. The van der Waals surface area contributed by atoms with Crippen molar-refractivity contribution in [2.45, 2.75) is 37.8 Å². The van der Waals surface area contributed by atoms with Crippen LogP contribution in [0.2, 0.25) is 0 Å². The van der Waals surface area contributed by atoms with Crippen LogP contribution >= 0.6 is 0 Å². The Morgan fingerprint density at radius 3 is 2.56 bits per heavy atom. The molecule has 0 unspecified atom stereocenters. The lowest BCUT2D eigenvalue weighted by molar-refractivity contribution is -0.531. The predicted molar refractivity (Wildman–Crippen MR) is 61.1 cm³/mol. The molecule has 0 atom stereocenters. The van der Waals surface area contributed by atoms with Crippen molar-refractivity contribution < 1.29 is 24.8 Å². The minimum absolute atomic E-state index is 0.264. The van der Waals surface area contributed by atoms with Gasteiger partial charge in [0.15, 0.2) is 0 Å². The Labute approximate surface area is 105 Å². The Hall–Kier alpha value is -1.21. The SMILES string of the molecule is CCCOOOC1(C)C=CC2(C=C1)CC(=O)N2O. The molecular formula is C12H17NO5. The largest absolute Gasteiger partial charge is 0.285 e. The van der Waals surface area contributed by atoms with Gasteiger partial charge in [-0.05, 0) is 25.5 Å². The molecule has 1 saturated heterocycles. The van der Waals surface area contributed by atoms with E-state index in [1.165, 1.54) is 0 Å². The molecule has 0 aromatic rings. The lowest BCUT2D eigenvalue weighted by Crippen LogP contribution is -2.60. The van der Waals surface area contributed by atoms with E-state index in [0.29, 0.717) is 11.7 Å². The number of hydroxylamine groups is 2. The first kappa shape index (κ1) is 13.2. The Kier molecular flexibility index (Phi) is 3.54. The van der Waals surface area contributed by atoms with Crippen LogP contribution in [0.25, 0.3) is 0 Å². The highest BCUT2D eigenvalue weighted by molar-refractivity contribution is 5.86. The number of carbonyl (C=O) groups is 1. The second-order valence-electron chi connectivity index (χ2n) is 4.70. The van der Waals surface area contributed by atoms with Crippen molar-refractivity contribution in [1.82, 2.24) is 5.06 Å². The van der Waals surface area contributed by atoms with E-state index in [-0.39, 0.29) is 12.3 Å². The van der Waals surface area contributed by atoms with Gasteiger partial charge >= 0.3 is 0 Å². The summed E-state index contributed by atoms with van der Waals surface area (Å²) in [6.07, 6.45) is 7.97. The van der Waals surface area contributed by atoms with E-state index in [1.807, 2.05) is 6.92 Å². The third-order valence-electron chi connectivity index (χ3n) is 3.02. The molecule has 2 aliphatic rings. The topological polar surface area (TPSA) is 68.2 Å². The Balaban J connectivity index is 1.90. The van der Waals surface area contributed by atoms with Crippen LogP contribution in [0.15, 0.2) is 24.3 Å². The second-order valence-corrected chi connectivity index (χ2v) is 4.70. The average Bonchev–Trinajstić information content (AvgIpc) is 2.38. The third-order valence-corrected chi connectivity index (χ3v) is 3.02. The molecule has 1 N–H and O–H groups in total. The highest BCUT2D eigenvalue weighted by atomic mass is 17.5. The summed E-state index contributed by atoms with van der Waals surface area (Å²) in [4.78, 5) is 20.9. The van der Waals surface area contributed by atoms with Crippen LogP contribution < -0.4 is 0 Å². The molecule has 0 aromatic carbocycles. The standard InChI is InChI=1S/C12H17NO5/c1-3-8-16-18-17-11(2)4-6-12(7-5-11)9-10(14)13(12)15/h4-7,15H,3,8-9H2,1-2H3. The normalized spacial score (nSPS) is 34.2. The van der Waals surface area contributed by atoms with Gasteiger partial charge in [0.2, 0.25) is 5.91 Å². The monoisotopic (exact) mass is 255 g/mol. The smallest absolute Gasteiger partial charge is 0.250 e. The fraction of sp³-hybridized carbons (Fsp3) is 0.583. The van der Waals surface area contributed by atoms with Crippen LogP contribution in [0.3, 0.4) is 0 Å². The van der Waals surface area contributed by atoms with Gasteiger partial charge in [0.1, 0.15) is 11.1 Å². The van der Waals surface area contributed by atoms with Gasteiger partial charge in [-0.1, -0.05) is 24.1 Å². The Morgan fingerprint density at radius 1 is 1.39 bits per heavy atom. The minimum Gasteiger partial charge on any atom is -0.285 e. The van der Waals surface area contributed by atoms with Gasteiger partial charge in [-0.15, -0.1) is 0 Å². The van der Waals surface area contributed by atoms with Crippen molar-refractivity contribution in [3.63, 3.8) is 0 Å². The van der Waals surface area contributed by atoms with Crippen LogP contribution in [0, 0.1) is 0 Å². The van der Waals surface area contributed by atoms with E-state index in [1.54, 1.807) is 31.2 Å². The summed E-state index contributed by atoms with van der Waals surface area (Å²) in [6.45, 7) is 4.19. The maximum atomic E-state index is 11.0. The van der Waals surface area contributed by atoms with Gasteiger partial charge in [0, 0.05) is 0 Å². The minimum atomic E-state index is -0.765. The highest BCUT2D eigenvalue weighted by Crippen LogP contribution is 2.37. The predicted octanol–water partition coefficient (Wildman–Crippen LogP) is 1.52. The molecule has 0 radical (unpaired) electrons. The van der Waals surface area contributed by atoms with Crippen molar-refractivity contribution in [3.05, 3.63) is 24.3 Å². The summed E-state index contributed by atoms with van der Waals surface area (Å²) >= 11 is 0. The number of nitrogens with zero attached hydrogens (tertiary/aromatic N) is 1. The van der Waals surface area contributed by atoms with Crippen molar-refractivity contribution >= 4 is 5.91 Å². The molecule has 0 bridgehead atoms. The van der Waals surface area contributed by atoms with Gasteiger partial charge in [0.05, 0.1) is 13.0 Å². The zero-order valence-corrected chi connectivity index (χ0v) is 10.5. The van der Waals surface area contributed by atoms with Crippen LogP contribution in [-0.2, 0) is 19.6 Å². The molecular weight excluding hydrogens is 238 g/mol. The van der Waals surface area contributed by atoms with Gasteiger partial charge in [-0.2, -0.15) is 4.89 Å². The number of β-lactam (4-membered cyclic amide) rings is 1. The number of amides is 1. The van der Waals surface area contributed by atoms with Crippen molar-refractivity contribution in [3.8, 4) is 0 Å². The fourth-order valence-electron chi connectivity index (χ4n) is 1.79. The first-order valence-electron chi connectivity index (χ1n) is 5.91. The number of hydrogen-bond donors (Lipinski definition) is 1. The molecule has 18 heavy (non-hydrogen) atoms. The molecule has 1 spiro atoms. The molecule has 2 rings (SSSR count). The van der Waals surface area contributed by atoms with Gasteiger partial charge < -0.3 is 0 Å². The van der Waals surface area contributed by atoms with Crippen LogP contribution in [-0.4, -0.2) is 33.9 Å². The Morgan fingerprint density at radius 2 is 2.06 bits per heavy atom. The maximum absolute atomic E-state index is 11.0. The first-order chi connectivity index (χ1) is 8.51. The molecule has 1 aliphatic carbocycles. The first-order valence-corrected chi connectivity index (χ1v) is 5.91. The van der Waals surface area contributed by atoms with Gasteiger partial charge in [0.25, 0.3) is 0 Å². The van der Waals surface area contributed by atoms with Gasteiger partial charge in [-0.25, -0.2) is 9.95 Å². The molecule has 0 aromatic heterocycles. The third kappa shape index (κ3) is 2.32. The van der Waals surface area contributed by atoms with Crippen LogP contribution in [0.4, 0.5) is 0 Å². The van der Waals surface area contributed by atoms with E-state index < -0.39 is 11.1 Å². The van der Waals surface area contributed by atoms with E-state index >= 15 is 0 Å². The summed E-state index contributed by atoms with van der Waals surface area (Å²) in [7, 11) is 0. The summed E-state index contributed by atoms with van der Waals surface area (Å²) < 4.78 is 0. The molecule has 1 aliphatic heterocycles. The fourth-order valence-corrected chi connectivity index (χ4v) is 1.79. The maximum Gasteiger partial charge on any atom is 0.250 e. The van der Waals surface area contributed by atoms with Crippen molar-refractivity contribution in [2.24, 2.45) is 0 Å². The zero-order valence-electron chi connectivity index (χ0n) is 10.5.